The summed E-state index contributed by atoms with van der Waals surface area (Å²) in [6.07, 6.45) is 3.45. The molecule has 2 saturated heterocycles. The first-order chi connectivity index (χ1) is 13.1. The largest absolute Gasteiger partial charge is 0.360 e. The van der Waals surface area contributed by atoms with Gasteiger partial charge in [-0.25, -0.2) is 0 Å². The van der Waals surface area contributed by atoms with Crippen LogP contribution in [0.25, 0.3) is 0 Å². The molecule has 5 nitrogen and oxygen atoms in total. The third kappa shape index (κ3) is 3.93. The van der Waals surface area contributed by atoms with Crippen LogP contribution in [0.4, 0.5) is 0 Å². The lowest BCUT2D eigenvalue weighted by atomic mass is 9.83. The Kier molecular flexibility index (Phi) is 5.30. The average Bonchev–Trinajstić information content (AvgIpc) is 3.19. The minimum Gasteiger partial charge on any atom is -0.360 e. The fraction of sp³-hybridized carbons (Fsp3) is 0.545. The van der Waals surface area contributed by atoms with Crippen LogP contribution >= 0.6 is 0 Å². The number of likely N-dealkylation sites (tertiary alicyclic amines) is 2. The van der Waals surface area contributed by atoms with Crippen molar-refractivity contribution < 1.29 is 9.32 Å². The normalized spacial score (nSPS) is 23.4. The molecule has 0 bridgehead atoms. The molecule has 4 rings (SSSR count). The summed E-state index contributed by atoms with van der Waals surface area (Å²) in [5.74, 6) is 1.59. The predicted octanol–water partition coefficient (Wildman–Crippen LogP) is 3.92. The van der Waals surface area contributed by atoms with Gasteiger partial charge in [0.05, 0.1) is 0 Å². The Morgan fingerprint density at radius 3 is 2.78 bits per heavy atom. The molecule has 27 heavy (non-hydrogen) atoms. The maximum absolute atomic E-state index is 12.9. The van der Waals surface area contributed by atoms with Gasteiger partial charge in [0.2, 0.25) is 0 Å². The molecule has 0 unspecified atom stereocenters. The molecule has 1 aromatic heterocycles. The lowest BCUT2D eigenvalue weighted by Crippen LogP contribution is -2.54. The van der Waals surface area contributed by atoms with Crippen molar-refractivity contribution in [3.05, 3.63) is 53.4 Å². The maximum Gasteiger partial charge on any atom is 0.276 e. The van der Waals surface area contributed by atoms with E-state index in [1.165, 1.54) is 18.4 Å². The Hall–Kier alpha value is -2.14. The molecule has 2 aliphatic heterocycles. The molecule has 0 saturated carbocycles. The summed E-state index contributed by atoms with van der Waals surface area (Å²) in [4.78, 5) is 17.5. The molecule has 0 N–H and O–H groups in total. The number of rotatable bonds is 4. The standard InChI is InChI=1S/C22H29N3O2/c1-16(2)21-13-19(23-27-21)22(26)25-12-10-20-18(15-25)9-6-11-24(20)14-17-7-4-3-5-8-17/h3-5,7-8,13,16,18,20H,6,9-12,14-15H2,1-2H3/t18-,20+/m1/s1. The van der Waals surface area contributed by atoms with E-state index in [1.807, 2.05) is 24.8 Å². The number of aromatic nitrogens is 1. The zero-order valence-electron chi connectivity index (χ0n) is 16.3. The third-order valence-electron chi connectivity index (χ3n) is 6.02. The molecule has 0 radical (unpaired) electrons. The molecular weight excluding hydrogens is 338 g/mol. The Morgan fingerprint density at radius 1 is 1.22 bits per heavy atom. The fourth-order valence-corrected chi connectivity index (χ4v) is 4.53. The molecule has 2 aromatic rings. The second-order valence-corrected chi connectivity index (χ2v) is 8.23. The SMILES string of the molecule is CC(C)c1cc(C(=O)N2CC[C@H]3[C@H](CCCN3Cc3ccccc3)C2)no1. The monoisotopic (exact) mass is 367 g/mol. The van der Waals surface area contributed by atoms with Gasteiger partial charge in [-0.2, -0.15) is 0 Å². The van der Waals surface area contributed by atoms with Gasteiger partial charge in [-0.05, 0) is 37.3 Å². The van der Waals surface area contributed by atoms with E-state index in [2.05, 4.69) is 40.4 Å². The summed E-state index contributed by atoms with van der Waals surface area (Å²) >= 11 is 0. The maximum atomic E-state index is 12.9. The van der Waals surface area contributed by atoms with E-state index < -0.39 is 0 Å². The highest BCUT2D eigenvalue weighted by Gasteiger charge is 2.37. The molecule has 0 spiro atoms. The van der Waals surface area contributed by atoms with Crippen molar-refractivity contribution in [2.45, 2.75) is 51.6 Å². The van der Waals surface area contributed by atoms with Crippen LogP contribution in [0.15, 0.2) is 40.9 Å². The van der Waals surface area contributed by atoms with Crippen molar-refractivity contribution in [2.75, 3.05) is 19.6 Å². The molecule has 1 aromatic carbocycles. The first kappa shape index (κ1) is 18.2. The number of nitrogens with zero attached hydrogens (tertiary/aromatic N) is 3. The Balaban J connectivity index is 1.41. The summed E-state index contributed by atoms with van der Waals surface area (Å²) in [6, 6.07) is 13.1. The van der Waals surface area contributed by atoms with Gasteiger partial charge in [0.15, 0.2) is 5.69 Å². The fourth-order valence-electron chi connectivity index (χ4n) is 4.53. The first-order valence-corrected chi connectivity index (χ1v) is 10.2. The van der Waals surface area contributed by atoms with Gasteiger partial charge in [-0.15, -0.1) is 0 Å². The molecule has 3 heterocycles. The van der Waals surface area contributed by atoms with Crippen LogP contribution in [0.1, 0.15) is 60.8 Å². The van der Waals surface area contributed by atoms with Gasteiger partial charge in [0.25, 0.3) is 5.91 Å². The minimum absolute atomic E-state index is 0.0179. The molecular formula is C22H29N3O2. The number of carbonyl (C=O) groups excluding carboxylic acids is 1. The number of piperidine rings is 2. The summed E-state index contributed by atoms with van der Waals surface area (Å²) in [6.45, 7) is 7.89. The number of hydrogen-bond donors (Lipinski definition) is 0. The third-order valence-corrected chi connectivity index (χ3v) is 6.02. The first-order valence-electron chi connectivity index (χ1n) is 10.2. The van der Waals surface area contributed by atoms with E-state index in [0.717, 1.165) is 38.4 Å². The molecule has 0 aliphatic carbocycles. The Labute approximate surface area is 161 Å². The zero-order valence-corrected chi connectivity index (χ0v) is 16.3. The lowest BCUT2D eigenvalue weighted by Gasteiger charge is -2.47. The van der Waals surface area contributed by atoms with Gasteiger partial charge in [0, 0.05) is 37.7 Å². The summed E-state index contributed by atoms with van der Waals surface area (Å²) < 4.78 is 5.32. The van der Waals surface area contributed by atoms with Crippen molar-refractivity contribution in [3.63, 3.8) is 0 Å². The van der Waals surface area contributed by atoms with Gasteiger partial charge < -0.3 is 9.42 Å². The smallest absolute Gasteiger partial charge is 0.276 e. The molecule has 1 amide bonds. The second kappa shape index (κ2) is 7.85. The predicted molar refractivity (Wildman–Crippen MR) is 104 cm³/mol. The van der Waals surface area contributed by atoms with Crippen molar-refractivity contribution in [2.24, 2.45) is 5.92 Å². The minimum atomic E-state index is 0.0179. The van der Waals surface area contributed by atoms with Crippen molar-refractivity contribution in [1.82, 2.24) is 15.0 Å². The number of fused-ring (bicyclic) bond motifs is 1. The highest BCUT2D eigenvalue weighted by Crippen LogP contribution is 2.32. The molecule has 5 heteroatoms. The van der Waals surface area contributed by atoms with E-state index in [-0.39, 0.29) is 11.8 Å². The molecule has 144 valence electrons. The van der Waals surface area contributed by atoms with Gasteiger partial charge in [-0.3, -0.25) is 9.69 Å². The van der Waals surface area contributed by atoms with E-state index in [0.29, 0.717) is 17.7 Å². The number of benzene rings is 1. The van der Waals surface area contributed by atoms with Crippen molar-refractivity contribution >= 4 is 5.91 Å². The summed E-state index contributed by atoms with van der Waals surface area (Å²) in [5, 5.41) is 4.01. The molecule has 2 fully saturated rings. The summed E-state index contributed by atoms with van der Waals surface area (Å²) in [7, 11) is 0. The van der Waals surface area contributed by atoms with Crippen molar-refractivity contribution in [1.29, 1.82) is 0 Å². The van der Waals surface area contributed by atoms with Gasteiger partial charge in [-0.1, -0.05) is 49.3 Å². The average molecular weight is 367 g/mol. The van der Waals surface area contributed by atoms with Crippen LogP contribution in [0.3, 0.4) is 0 Å². The Morgan fingerprint density at radius 2 is 2.04 bits per heavy atom. The summed E-state index contributed by atoms with van der Waals surface area (Å²) in [5.41, 5.74) is 1.83. The number of amides is 1. The second-order valence-electron chi connectivity index (χ2n) is 8.23. The van der Waals surface area contributed by atoms with E-state index in [1.54, 1.807) is 0 Å². The highest BCUT2D eigenvalue weighted by molar-refractivity contribution is 5.92. The Bertz CT molecular complexity index is 771. The molecule has 2 atom stereocenters. The van der Waals surface area contributed by atoms with Crippen LogP contribution in [0.5, 0.6) is 0 Å². The van der Waals surface area contributed by atoms with E-state index >= 15 is 0 Å². The van der Waals surface area contributed by atoms with E-state index in [9.17, 15) is 4.79 Å². The topological polar surface area (TPSA) is 49.6 Å². The van der Waals surface area contributed by atoms with Gasteiger partial charge >= 0.3 is 0 Å². The lowest BCUT2D eigenvalue weighted by molar-refractivity contribution is 0.0170. The number of hydrogen-bond acceptors (Lipinski definition) is 4. The van der Waals surface area contributed by atoms with Crippen LogP contribution in [0.2, 0.25) is 0 Å². The quantitative estimate of drug-likeness (QED) is 0.822. The van der Waals surface area contributed by atoms with Crippen LogP contribution in [0, 0.1) is 5.92 Å². The zero-order chi connectivity index (χ0) is 18.8. The van der Waals surface area contributed by atoms with Crippen molar-refractivity contribution in [3.8, 4) is 0 Å². The van der Waals surface area contributed by atoms with Gasteiger partial charge in [0.1, 0.15) is 5.76 Å². The highest BCUT2D eigenvalue weighted by atomic mass is 16.5. The van der Waals surface area contributed by atoms with Crippen LogP contribution in [-0.2, 0) is 6.54 Å². The van der Waals surface area contributed by atoms with E-state index in [4.69, 9.17) is 4.52 Å². The van der Waals surface area contributed by atoms with Crippen LogP contribution < -0.4 is 0 Å². The molecule has 2 aliphatic rings. The van der Waals surface area contributed by atoms with Crippen LogP contribution in [-0.4, -0.2) is 46.5 Å². The number of carbonyl (C=O) groups is 1.